The summed E-state index contributed by atoms with van der Waals surface area (Å²) in [4.78, 5) is 11.0. The second-order valence-electron chi connectivity index (χ2n) is 3.78. The van der Waals surface area contributed by atoms with Crippen molar-refractivity contribution in [3.8, 4) is 0 Å². The van der Waals surface area contributed by atoms with E-state index in [0.29, 0.717) is 6.61 Å². The lowest BCUT2D eigenvalue weighted by atomic mass is 10.2. The van der Waals surface area contributed by atoms with Crippen LogP contribution in [0.5, 0.6) is 0 Å². The average Bonchev–Trinajstić information content (AvgIpc) is 2.34. The summed E-state index contributed by atoms with van der Waals surface area (Å²) in [6.07, 6.45) is 4.58. The summed E-state index contributed by atoms with van der Waals surface area (Å²) in [7, 11) is 0. The Balaban J connectivity index is 2.60. The van der Waals surface area contributed by atoms with Crippen molar-refractivity contribution in [2.75, 3.05) is 6.61 Å². The number of hydrogen-bond acceptors (Lipinski definition) is 2. The van der Waals surface area contributed by atoms with Crippen molar-refractivity contribution in [1.29, 1.82) is 0 Å². The number of benzene rings is 1. The molecule has 0 heterocycles. The van der Waals surface area contributed by atoms with Gasteiger partial charge in [-0.2, -0.15) is 0 Å². The predicted molar refractivity (Wildman–Crippen MR) is 67.5 cm³/mol. The second kappa shape index (κ2) is 7.49. The molecule has 3 nitrogen and oxygen atoms in total. The maximum absolute atomic E-state index is 11.0. The van der Waals surface area contributed by atoms with Crippen molar-refractivity contribution in [2.45, 2.75) is 26.2 Å². The summed E-state index contributed by atoms with van der Waals surface area (Å²) in [6.45, 7) is 2.55. The van der Waals surface area contributed by atoms with Crippen LogP contribution in [-0.2, 0) is 9.53 Å². The molecule has 1 rings (SSSR count). The Kier molecular flexibility index (Phi) is 5.86. The van der Waals surface area contributed by atoms with Gasteiger partial charge in [-0.25, -0.2) is 4.79 Å². The van der Waals surface area contributed by atoms with E-state index >= 15 is 0 Å². The molecule has 0 spiro atoms. The van der Waals surface area contributed by atoms with E-state index in [4.69, 9.17) is 9.84 Å². The lowest BCUT2D eigenvalue weighted by Crippen LogP contribution is -2.06. The molecule has 0 bridgehead atoms. The summed E-state index contributed by atoms with van der Waals surface area (Å²) in [5.41, 5.74) is 0.834. The van der Waals surface area contributed by atoms with Gasteiger partial charge in [-0.3, -0.25) is 0 Å². The van der Waals surface area contributed by atoms with Crippen molar-refractivity contribution in [3.05, 3.63) is 41.7 Å². The zero-order valence-corrected chi connectivity index (χ0v) is 10.1. The summed E-state index contributed by atoms with van der Waals surface area (Å²) >= 11 is 0. The third kappa shape index (κ3) is 5.20. The maximum atomic E-state index is 11.0. The van der Waals surface area contributed by atoms with Gasteiger partial charge in [0.25, 0.3) is 0 Å². The second-order valence-corrected chi connectivity index (χ2v) is 3.78. The lowest BCUT2D eigenvalue weighted by Gasteiger charge is -2.06. The molecular formula is C14H18O3. The van der Waals surface area contributed by atoms with Gasteiger partial charge in [0.1, 0.15) is 0 Å². The van der Waals surface area contributed by atoms with Crippen LogP contribution in [0.1, 0.15) is 31.7 Å². The first-order valence-corrected chi connectivity index (χ1v) is 5.87. The van der Waals surface area contributed by atoms with E-state index in [2.05, 4.69) is 6.92 Å². The molecule has 0 aliphatic carbocycles. The van der Waals surface area contributed by atoms with Crippen LogP contribution in [0.4, 0.5) is 0 Å². The molecular weight excluding hydrogens is 216 g/mol. The smallest absolute Gasteiger partial charge is 0.371 e. The van der Waals surface area contributed by atoms with Gasteiger partial charge in [0.15, 0.2) is 0 Å². The summed E-state index contributed by atoms with van der Waals surface area (Å²) < 4.78 is 5.27. The average molecular weight is 234 g/mol. The molecule has 1 aromatic rings. The van der Waals surface area contributed by atoms with Crippen molar-refractivity contribution in [3.63, 3.8) is 0 Å². The lowest BCUT2D eigenvalue weighted by molar-refractivity contribution is -0.136. The van der Waals surface area contributed by atoms with Crippen LogP contribution in [0, 0.1) is 0 Å². The predicted octanol–water partition coefficient (Wildman–Crippen LogP) is 3.32. The van der Waals surface area contributed by atoms with Gasteiger partial charge < -0.3 is 9.84 Å². The standard InChI is InChI=1S/C14H18O3/c1-2-3-7-10-17-13(14(15)16)11-12-8-5-4-6-9-12/h4-6,8-9,11H,2-3,7,10H2,1H3,(H,15,16). The van der Waals surface area contributed by atoms with E-state index in [1.807, 2.05) is 30.3 Å². The Bertz CT molecular complexity index is 368. The number of carbonyl (C=O) groups is 1. The normalized spacial score (nSPS) is 11.2. The number of ether oxygens (including phenoxy) is 1. The van der Waals surface area contributed by atoms with Crippen LogP contribution in [0.15, 0.2) is 36.1 Å². The molecule has 1 aromatic carbocycles. The SMILES string of the molecule is CCCCCOC(=Cc1ccccc1)C(=O)O. The monoisotopic (exact) mass is 234 g/mol. The van der Waals surface area contributed by atoms with Gasteiger partial charge in [-0.15, -0.1) is 0 Å². The molecule has 0 saturated carbocycles. The van der Waals surface area contributed by atoms with Crippen LogP contribution in [0.2, 0.25) is 0 Å². The molecule has 0 aliphatic heterocycles. The number of unbranched alkanes of at least 4 members (excludes halogenated alkanes) is 2. The van der Waals surface area contributed by atoms with Crippen LogP contribution in [-0.4, -0.2) is 17.7 Å². The summed E-state index contributed by atoms with van der Waals surface area (Å²) in [5.74, 6) is -1.02. The van der Waals surface area contributed by atoms with Crippen molar-refractivity contribution in [1.82, 2.24) is 0 Å². The molecule has 1 N–H and O–H groups in total. The molecule has 0 saturated heterocycles. The highest BCUT2D eigenvalue weighted by molar-refractivity contribution is 5.89. The molecule has 0 radical (unpaired) electrons. The highest BCUT2D eigenvalue weighted by Crippen LogP contribution is 2.09. The number of aliphatic carboxylic acids is 1. The molecule has 0 amide bonds. The van der Waals surface area contributed by atoms with Crippen molar-refractivity contribution in [2.24, 2.45) is 0 Å². The first-order valence-electron chi connectivity index (χ1n) is 5.87. The van der Waals surface area contributed by atoms with E-state index in [0.717, 1.165) is 24.8 Å². The Hall–Kier alpha value is -1.77. The fourth-order valence-electron chi connectivity index (χ4n) is 1.40. The number of carboxylic acids is 1. The number of hydrogen-bond donors (Lipinski definition) is 1. The fraction of sp³-hybridized carbons (Fsp3) is 0.357. The Morgan fingerprint density at radius 2 is 2.00 bits per heavy atom. The number of rotatable bonds is 7. The van der Waals surface area contributed by atoms with Crippen LogP contribution >= 0.6 is 0 Å². The van der Waals surface area contributed by atoms with E-state index in [1.165, 1.54) is 0 Å². The van der Waals surface area contributed by atoms with E-state index in [1.54, 1.807) is 6.08 Å². The van der Waals surface area contributed by atoms with E-state index in [-0.39, 0.29) is 5.76 Å². The maximum Gasteiger partial charge on any atom is 0.371 e. The Morgan fingerprint density at radius 3 is 2.59 bits per heavy atom. The van der Waals surface area contributed by atoms with Gasteiger partial charge in [0.2, 0.25) is 5.76 Å². The summed E-state index contributed by atoms with van der Waals surface area (Å²) in [5, 5.41) is 9.00. The third-order valence-electron chi connectivity index (χ3n) is 2.31. The van der Waals surface area contributed by atoms with Crippen LogP contribution in [0.25, 0.3) is 6.08 Å². The van der Waals surface area contributed by atoms with Gasteiger partial charge >= 0.3 is 5.97 Å². The van der Waals surface area contributed by atoms with Crippen LogP contribution < -0.4 is 0 Å². The molecule has 0 fully saturated rings. The zero-order valence-electron chi connectivity index (χ0n) is 10.1. The topological polar surface area (TPSA) is 46.5 Å². The Morgan fingerprint density at radius 1 is 1.29 bits per heavy atom. The molecule has 0 aliphatic rings. The van der Waals surface area contributed by atoms with Crippen molar-refractivity contribution < 1.29 is 14.6 Å². The van der Waals surface area contributed by atoms with Crippen molar-refractivity contribution >= 4 is 12.0 Å². The molecule has 3 heteroatoms. The molecule has 92 valence electrons. The van der Waals surface area contributed by atoms with Gasteiger partial charge in [0.05, 0.1) is 6.61 Å². The highest BCUT2D eigenvalue weighted by atomic mass is 16.5. The number of carboxylic acid groups (broad SMARTS) is 1. The fourth-order valence-corrected chi connectivity index (χ4v) is 1.40. The molecule has 0 unspecified atom stereocenters. The minimum Gasteiger partial charge on any atom is -0.487 e. The quantitative estimate of drug-likeness (QED) is 0.447. The third-order valence-corrected chi connectivity index (χ3v) is 2.31. The Labute approximate surface area is 102 Å². The molecule has 0 atom stereocenters. The highest BCUT2D eigenvalue weighted by Gasteiger charge is 2.08. The van der Waals surface area contributed by atoms with Gasteiger partial charge in [-0.1, -0.05) is 50.1 Å². The first kappa shape index (κ1) is 13.3. The minimum atomic E-state index is -1.02. The largest absolute Gasteiger partial charge is 0.487 e. The summed E-state index contributed by atoms with van der Waals surface area (Å²) in [6, 6.07) is 9.31. The minimum absolute atomic E-state index is 0.00676. The van der Waals surface area contributed by atoms with Gasteiger partial charge in [-0.05, 0) is 18.1 Å². The first-order chi connectivity index (χ1) is 8.24. The molecule has 17 heavy (non-hydrogen) atoms. The van der Waals surface area contributed by atoms with Gasteiger partial charge in [0, 0.05) is 0 Å². The van der Waals surface area contributed by atoms with E-state index in [9.17, 15) is 4.79 Å². The van der Waals surface area contributed by atoms with Crippen LogP contribution in [0.3, 0.4) is 0 Å². The zero-order chi connectivity index (χ0) is 12.5. The van der Waals surface area contributed by atoms with E-state index < -0.39 is 5.97 Å². The molecule has 0 aromatic heterocycles.